The highest BCUT2D eigenvalue weighted by atomic mass is 19.4. The summed E-state index contributed by atoms with van der Waals surface area (Å²) in [6.45, 7) is 7.48. The summed E-state index contributed by atoms with van der Waals surface area (Å²) in [7, 11) is 3.81. The van der Waals surface area contributed by atoms with Crippen molar-refractivity contribution in [2.45, 2.75) is 51.0 Å². The van der Waals surface area contributed by atoms with Gasteiger partial charge in [-0.2, -0.15) is 13.2 Å². The van der Waals surface area contributed by atoms with Gasteiger partial charge < -0.3 is 23.9 Å². The van der Waals surface area contributed by atoms with E-state index < -0.39 is 17.6 Å². The van der Waals surface area contributed by atoms with Crippen LogP contribution in [-0.2, 0) is 20.4 Å². The number of nitrogens with one attached hydrogen (secondary N) is 1. The van der Waals surface area contributed by atoms with Gasteiger partial charge >= 0.3 is 6.18 Å². The highest BCUT2D eigenvalue weighted by Gasteiger charge is 2.30. The van der Waals surface area contributed by atoms with E-state index in [9.17, 15) is 18.0 Å². The number of amides is 1. The molecule has 11 heteroatoms. The van der Waals surface area contributed by atoms with Crippen molar-refractivity contribution >= 4 is 12.7 Å². The van der Waals surface area contributed by atoms with Crippen LogP contribution in [0.25, 0.3) is 0 Å². The summed E-state index contributed by atoms with van der Waals surface area (Å²) in [5.74, 6) is 0.0423. The van der Waals surface area contributed by atoms with Gasteiger partial charge in [-0.05, 0) is 75.5 Å². The minimum atomic E-state index is -4.29. The van der Waals surface area contributed by atoms with Gasteiger partial charge in [-0.15, -0.1) is 0 Å². The van der Waals surface area contributed by atoms with Gasteiger partial charge in [0.05, 0.1) is 11.7 Å². The normalized spacial score (nSPS) is 16.3. The minimum Gasteiger partial charge on any atom is -0.490 e. The third kappa shape index (κ3) is 13.1. The number of halogens is 3. The Morgan fingerprint density at radius 2 is 1.56 bits per heavy atom. The number of alkyl halides is 3. The van der Waals surface area contributed by atoms with E-state index >= 15 is 0 Å². The summed E-state index contributed by atoms with van der Waals surface area (Å²) >= 11 is 0. The van der Waals surface area contributed by atoms with Crippen molar-refractivity contribution in [3.05, 3.63) is 65.2 Å². The number of aryl methyl sites for hydroxylation is 1. The molecule has 0 aliphatic carbocycles. The van der Waals surface area contributed by atoms with E-state index in [-0.39, 0.29) is 6.10 Å². The summed E-state index contributed by atoms with van der Waals surface area (Å²) in [5.41, 5.74) is 2.28. The second-order valence-electron chi connectivity index (χ2n) is 8.95. The Hall–Kier alpha value is -2.99. The minimum absolute atomic E-state index is 0.109. The fraction of sp³-hybridized carbons (Fsp3) is 0.500. The van der Waals surface area contributed by atoms with E-state index in [1.54, 1.807) is 24.7 Å². The SMILES string of the molecule is C=O.CN1CCC(Oc2ccc(C(F)(F)F)cc2)CC1.COC1CCOCC1.Cc1ccccc1C(=O)NO. The van der Waals surface area contributed by atoms with Gasteiger partial charge in [0.25, 0.3) is 5.91 Å². The molecule has 2 saturated heterocycles. The number of likely N-dealkylation sites (tertiary alicyclic amines) is 1. The first-order valence-corrected chi connectivity index (χ1v) is 12.6. The molecule has 0 radical (unpaired) electrons. The monoisotopic (exact) mass is 556 g/mol. The lowest BCUT2D eigenvalue weighted by Gasteiger charge is -2.29. The summed E-state index contributed by atoms with van der Waals surface area (Å²) in [6.07, 6.45) is 0.246. The molecule has 2 heterocycles. The second kappa shape index (κ2) is 18.3. The lowest BCUT2D eigenvalue weighted by atomic mass is 10.1. The highest BCUT2D eigenvalue weighted by molar-refractivity contribution is 5.94. The third-order valence-electron chi connectivity index (χ3n) is 6.14. The molecule has 218 valence electrons. The van der Waals surface area contributed by atoms with Gasteiger partial charge in [0.15, 0.2) is 0 Å². The average Bonchev–Trinajstić information content (AvgIpc) is 2.96. The maximum atomic E-state index is 12.4. The first-order chi connectivity index (χ1) is 18.6. The molecule has 2 fully saturated rings. The van der Waals surface area contributed by atoms with Crippen LogP contribution in [0.3, 0.4) is 0 Å². The quantitative estimate of drug-likeness (QED) is 0.408. The molecular formula is C28H39F3N2O6. The number of rotatable bonds is 4. The lowest BCUT2D eigenvalue weighted by Crippen LogP contribution is -2.35. The van der Waals surface area contributed by atoms with Crippen LogP contribution in [0.5, 0.6) is 5.75 Å². The van der Waals surface area contributed by atoms with E-state index in [4.69, 9.17) is 24.2 Å². The Labute approximate surface area is 228 Å². The number of methoxy groups -OCH3 is 1. The maximum Gasteiger partial charge on any atom is 0.416 e. The molecule has 0 atom stereocenters. The van der Waals surface area contributed by atoms with Gasteiger partial charge in [0, 0.05) is 39.0 Å². The number of piperidine rings is 1. The number of carbonyl (C=O) groups is 2. The zero-order valence-electron chi connectivity index (χ0n) is 22.7. The molecule has 4 rings (SSSR count). The maximum absolute atomic E-state index is 12.4. The van der Waals surface area contributed by atoms with E-state index in [2.05, 4.69) is 4.90 Å². The van der Waals surface area contributed by atoms with Gasteiger partial charge in [0.2, 0.25) is 0 Å². The van der Waals surface area contributed by atoms with Crippen LogP contribution < -0.4 is 10.2 Å². The van der Waals surface area contributed by atoms with Crippen LogP contribution in [0.4, 0.5) is 13.2 Å². The Bertz CT molecular complexity index is 945. The first-order valence-electron chi connectivity index (χ1n) is 12.6. The number of ether oxygens (including phenoxy) is 3. The highest BCUT2D eigenvalue weighted by Crippen LogP contribution is 2.30. The molecule has 2 N–H and O–H groups in total. The number of benzene rings is 2. The zero-order valence-corrected chi connectivity index (χ0v) is 22.7. The number of nitrogens with zero attached hydrogens (tertiary/aromatic N) is 1. The molecule has 2 aliphatic heterocycles. The predicted octanol–water partition coefficient (Wildman–Crippen LogP) is 4.92. The molecule has 2 aliphatic rings. The van der Waals surface area contributed by atoms with Crippen LogP contribution in [0.2, 0.25) is 0 Å². The van der Waals surface area contributed by atoms with E-state index in [0.717, 1.165) is 69.7 Å². The summed E-state index contributed by atoms with van der Waals surface area (Å²) in [6, 6.07) is 11.9. The molecule has 0 bridgehead atoms. The molecule has 0 saturated carbocycles. The van der Waals surface area contributed by atoms with Crippen LogP contribution in [0, 0.1) is 6.92 Å². The average molecular weight is 557 g/mol. The van der Waals surface area contributed by atoms with Crippen LogP contribution in [0.15, 0.2) is 48.5 Å². The van der Waals surface area contributed by atoms with E-state index in [1.807, 2.05) is 32.9 Å². The molecule has 2 aromatic rings. The van der Waals surface area contributed by atoms with Crippen LogP contribution in [0.1, 0.15) is 47.2 Å². The van der Waals surface area contributed by atoms with Crippen molar-refractivity contribution in [1.29, 1.82) is 0 Å². The van der Waals surface area contributed by atoms with E-state index in [1.165, 1.54) is 12.1 Å². The van der Waals surface area contributed by atoms with Crippen molar-refractivity contribution in [1.82, 2.24) is 10.4 Å². The number of carbonyl (C=O) groups excluding carboxylic acids is 2. The number of hydrogen-bond acceptors (Lipinski definition) is 7. The molecule has 1 amide bonds. The van der Waals surface area contributed by atoms with Crippen molar-refractivity contribution in [3.8, 4) is 5.75 Å². The molecule has 39 heavy (non-hydrogen) atoms. The fourth-order valence-corrected chi connectivity index (χ4v) is 3.82. The molecule has 0 spiro atoms. The van der Waals surface area contributed by atoms with Gasteiger partial charge in [0.1, 0.15) is 18.6 Å². The Balaban J connectivity index is 0.000000309. The molecule has 8 nitrogen and oxygen atoms in total. The van der Waals surface area contributed by atoms with Gasteiger partial charge in [-0.1, -0.05) is 18.2 Å². The molecular weight excluding hydrogens is 517 g/mol. The lowest BCUT2D eigenvalue weighted by molar-refractivity contribution is -0.137. The fourth-order valence-electron chi connectivity index (χ4n) is 3.82. The standard InChI is InChI=1S/C13H16F3NO.C8H9NO2.C6H12O2.CH2O/c1-17-8-6-12(7-9-17)18-11-4-2-10(3-5-11)13(14,15)16;1-6-4-2-3-5-7(6)8(10)9-11;1-7-6-2-4-8-5-3-6;1-2/h2-5,12H,6-9H2,1H3;2-5,11H,1H3,(H,9,10);6H,2-5H2,1H3;1H2. The predicted molar refractivity (Wildman–Crippen MR) is 141 cm³/mol. The number of hydrogen-bond donors (Lipinski definition) is 2. The van der Waals surface area contributed by atoms with Crippen LogP contribution >= 0.6 is 0 Å². The van der Waals surface area contributed by atoms with Crippen molar-refractivity contribution < 1.29 is 42.2 Å². The van der Waals surface area contributed by atoms with Crippen molar-refractivity contribution in [2.75, 3.05) is 40.5 Å². The second-order valence-corrected chi connectivity index (χ2v) is 8.95. The Kier molecular flexibility index (Phi) is 16.0. The topological polar surface area (TPSA) is 97.3 Å². The summed E-state index contributed by atoms with van der Waals surface area (Å²) < 4.78 is 53.0. The molecule has 0 aromatic heterocycles. The first kappa shape index (κ1) is 34.0. The largest absolute Gasteiger partial charge is 0.490 e. The van der Waals surface area contributed by atoms with Crippen molar-refractivity contribution in [3.63, 3.8) is 0 Å². The number of hydroxylamine groups is 1. The molecule has 0 unspecified atom stereocenters. The Morgan fingerprint density at radius 1 is 1.00 bits per heavy atom. The smallest absolute Gasteiger partial charge is 0.416 e. The summed E-state index contributed by atoms with van der Waals surface area (Å²) in [4.78, 5) is 21.1. The third-order valence-corrected chi connectivity index (χ3v) is 6.14. The van der Waals surface area contributed by atoms with Crippen LogP contribution in [-0.4, -0.2) is 75.5 Å². The Morgan fingerprint density at radius 3 is 2.03 bits per heavy atom. The zero-order chi connectivity index (χ0) is 29.3. The van der Waals surface area contributed by atoms with Gasteiger partial charge in [-0.25, -0.2) is 5.48 Å². The van der Waals surface area contributed by atoms with E-state index in [0.29, 0.717) is 17.4 Å². The molecule has 2 aromatic carbocycles. The van der Waals surface area contributed by atoms with Crippen molar-refractivity contribution in [2.24, 2.45) is 0 Å². The van der Waals surface area contributed by atoms with Gasteiger partial charge in [-0.3, -0.25) is 10.0 Å². The summed E-state index contributed by atoms with van der Waals surface area (Å²) in [5, 5.41) is 8.31.